The average molecular weight is 231 g/mol. The number of pyridine rings is 1. The molecule has 4 rings (SSSR count). The van der Waals surface area contributed by atoms with Gasteiger partial charge in [-0.3, -0.25) is 4.98 Å². The lowest BCUT2D eigenvalue weighted by atomic mass is 10.0. The molecule has 0 aliphatic rings. The topological polar surface area (TPSA) is 38.7 Å². The highest BCUT2D eigenvalue weighted by molar-refractivity contribution is 6.17. The lowest BCUT2D eigenvalue weighted by molar-refractivity contribution is 1.23. The lowest BCUT2D eigenvalue weighted by Crippen LogP contribution is -1.87. The van der Waals surface area contributed by atoms with Crippen molar-refractivity contribution in [3.8, 4) is 0 Å². The SMILES string of the molecule is c1ccc2c(c1)cnc1ccc3cncnc3c12. The zero-order valence-electron chi connectivity index (χ0n) is 9.54. The van der Waals surface area contributed by atoms with Gasteiger partial charge in [0.05, 0.1) is 11.0 Å². The fraction of sp³-hybridized carbons (Fsp3) is 0. The van der Waals surface area contributed by atoms with E-state index >= 15 is 0 Å². The molecule has 18 heavy (non-hydrogen) atoms. The molecule has 0 saturated heterocycles. The van der Waals surface area contributed by atoms with Gasteiger partial charge in [0.15, 0.2) is 0 Å². The normalized spacial score (nSPS) is 11.3. The first-order chi connectivity index (χ1) is 8.93. The highest BCUT2D eigenvalue weighted by Gasteiger charge is 2.06. The Labute approximate surface area is 103 Å². The molecule has 0 saturated carbocycles. The quantitative estimate of drug-likeness (QED) is 0.436. The van der Waals surface area contributed by atoms with Gasteiger partial charge in [0, 0.05) is 28.6 Å². The number of aromatic nitrogens is 3. The molecule has 3 heteroatoms. The Hall–Kier alpha value is -2.55. The second-order valence-corrected chi connectivity index (χ2v) is 4.27. The monoisotopic (exact) mass is 231 g/mol. The van der Waals surface area contributed by atoms with Crippen LogP contribution in [0.2, 0.25) is 0 Å². The Morgan fingerprint density at radius 1 is 0.778 bits per heavy atom. The van der Waals surface area contributed by atoms with E-state index in [0.29, 0.717) is 0 Å². The Morgan fingerprint density at radius 2 is 1.72 bits per heavy atom. The van der Waals surface area contributed by atoms with Crippen LogP contribution in [0.4, 0.5) is 0 Å². The summed E-state index contributed by atoms with van der Waals surface area (Å²) >= 11 is 0. The van der Waals surface area contributed by atoms with Crippen LogP contribution in [-0.4, -0.2) is 15.0 Å². The summed E-state index contributed by atoms with van der Waals surface area (Å²) in [6.07, 6.45) is 5.33. The van der Waals surface area contributed by atoms with Gasteiger partial charge in [-0.1, -0.05) is 24.3 Å². The van der Waals surface area contributed by atoms with Crippen molar-refractivity contribution in [2.45, 2.75) is 0 Å². The predicted molar refractivity (Wildman–Crippen MR) is 72.3 cm³/mol. The third kappa shape index (κ3) is 1.21. The molecule has 0 N–H and O–H groups in total. The minimum Gasteiger partial charge on any atom is -0.256 e. The van der Waals surface area contributed by atoms with Crippen LogP contribution >= 0.6 is 0 Å². The third-order valence-electron chi connectivity index (χ3n) is 3.23. The first kappa shape index (κ1) is 9.48. The molecule has 4 aromatic rings. The number of hydrogen-bond acceptors (Lipinski definition) is 3. The maximum Gasteiger partial charge on any atom is 0.116 e. The zero-order chi connectivity index (χ0) is 11.9. The standard InChI is InChI=1S/C15H9N3/c1-2-4-12-10(3-1)8-17-13-6-5-11-7-16-9-18-15(11)14(12)13/h1-9H. The number of rotatable bonds is 0. The van der Waals surface area contributed by atoms with Crippen molar-refractivity contribution >= 4 is 32.6 Å². The van der Waals surface area contributed by atoms with Crippen LogP contribution in [0.5, 0.6) is 0 Å². The fourth-order valence-electron chi connectivity index (χ4n) is 2.39. The molecule has 0 amide bonds. The molecule has 84 valence electrons. The van der Waals surface area contributed by atoms with E-state index < -0.39 is 0 Å². The Balaban J connectivity index is 2.38. The molecular formula is C15H9N3. The van der Waals surface area contributed by atoms with Crippen LogP contribution in [0.1, 0.15) is 0 Å². The van der Waals surface area contributed by atoms with Gasteiger partial charge >= 0.3 is 0 Å². The molecule has 0 unspecified atom stereocenters. The van der Waals surface area contributed by atoms with E-state index in [2.05, 4.69) is 27.1 Å². The zero-order valence-corrected chi connectivity index (χ0v) is 9.54. The highest BCUT2D eigenvalue weighted by Crippen LogP contribution is 2.28. The Morgan fingerprint density at radius 3 is 2.72 bits per heavy atom. The van der Waals surface area contributed by atoms with E-state index in [9.17, 15) is 0 Å². The van der Waals surface area contributed by atoms with E-state index in [-0.39, 0.29) is 0 Å². The van der Waals surface area contributed by atoms with E-state index in [4.69, 9.17) is 0 Å². The first-order valence-corrected chi connectivity index (χ1v) is 5.80. The van der Waals surface area contributed by atoms with Gasteiger partial charge < -0.3 is 0 Å². The molecule has 0 radical (unpaired) electrons. The smallest absolute Gasteiger partial charge is 0.116 e. The molecule has 0 atom stereocenters. The molecule has 3 nitrogen and oxygen atoms in total. The fourth-order valence-corrected chi connectivity index (χ4v) is 2.39. The van der Waals surface area contributed by atoms with Gasteiger partial charge in [-0.15, -0.1) is 0 Å². The summed E-state index contributed by atoms with van der Waals surface area (Å²) in [5.41, 5.74) is 1.94. The van der Waals surface area contributed by atoms with Crippen molar-refractivity contribution < 1.29 is 0 Å². The highest BCUT2D eigenvalue weighted by atomic mass is 14.8. The van der Waals surface area contributed by atoms with E-state index in [1.807, 2.05) is 36.7 Å². The van der Waals surface area contributed by atoms with Crippen LogP contribution in [0.25, 0.3) is 32.6 Å². The van der Waals surface area contributed by atoms with Crippen LogP contribution < -0.4 is 0 Å². The van der Waals surface area contributed by atoms with Crippen LogP contribution in [0, 0.1) is 0 Å². The van der Waals surface area contributed by atoms with Gasteiger partial charge in [0.1, 0.15) is 6.33 Å². The molecule has 0 fully saturated rings. The maximum atomic E-state index is 4.50. The number of fused-ring (bicyclic) bond motifs is 5. The molecule has 0 spiro atoms. The Kier molecular flexibility index (Phi) is 1.83. The minimum atomic E-state index is 0.965. The van der Waals surface area contributed by atoms with Crippen LogP contribution in [-0.2, 0) is 0 Å². The number of benzene rings is 2. The summed E-state index contributed by atoms with van der Waals surface area (Å²) in [5.74, 6) is 0. The van der Waals surface area contributed by atoms with Gasteiger partial charge in [-0.2, -0.15) is 0 Å². The second kappa shape index (κ2) is 3.47. The molecular weight excluding hydrogens is 222 g/mol. The largest absolute Gasteiger partial charge is 0.256 e. The van der Waals surface area contributed by atoms with Crippen molar-refractivity contribution in [2.24, 2.45) is 0 Å². The minimum absolute atomic E-state index is 0.965. The number of nitrogens with zero attached hydrogens (tertiary/aromatic N) is 3. The molecule has 2 aromatic heterocycles. The maximum absolute atomic E-state index is 4.50. The predicted octanol–water partition coefficient (Wildman–Crippen LogP) is 3.33. The summed E-state index contributed by atoms with van der Waals surface area (Å²) in [7, 11) is 0. The van der Waals surface area contributed by atoms with Gasteiger partial charge in [0.2, 0.25) is 0 Å². The van der Waals surface area contributed by atoms with Crippen LogP contribution in [0.3, 0.4) is 0 Å². The van der Waals surface area contributed by atoms with Crippen molar-refractivity contribution in [1.29, 1.82) is 0 Å². The van der Waals surface area contributed by atoms with E-state index in [1.54, 1.807) is 6.33 Å². The van der Waals surface area contributed by atoms with E-state index in [1.165, 1.54) is 5.39 Å². The second-order valence-electron chi connectivity index (χ2n) is 4.27. The Bertz CT molecular complexity index is 813. The van der Waals surface area contributed by atoms with Gasteiger partial charge in [0.25, 0.3) is 0 Å². The summed E-state index contributed by atoms with van der Waals surface area (Å²) in [6.45, 7) is 0. The van der Waals surface area contributed by atoms with Crippen LogP contribution in [0.15, 0.2) is 55.1 Å². The first-order valence-electron chi connectivity index (χ1n) is 5.80. The van der Waals surface area contributed by atoms with Gasteiger partial charge in [-0.05, 0) is 17.5 Å². The van der Waals surface area contributed by atoms with E-state index in [0.717, 1.165) is 27.2 Å². The van der Waals surface area contributed by atoms with Crippen molar-refractivity contribution in [2.75, 3.05) is 0 Å². The molecule has 0 aliphatic carbocycles. The van der Waals surface area contributed by atoms with Crippen molar-refractivity contribution in [1.82, 2.24) is 15.0 Å². The molecule has 2 heterocycles. The summed E-state index contributed by atoms with van der Waals surface area (Å²) < 4.78 is 0. The summed E-state index contributed by atoms with van der Waals surface area (Å²) in [4.78, 5) is 13.0. The molecule has 0 aliphatic heterocycles. The van der Waals surface area contributed by atoms with Crippen molar-refractivity contribution in [3.05, 3.63) is 55.1 Å². The third-order valence-corrected chi connectivity index (χ3v) is 3.23. The summed E-state index contributed by atoms with van der Waals surface area (Å²) in [5, 5.41) is 4.47. The number of hydrogen-bond donors (Lipinski definition) is 0. The van der Waals surface area contributed by atoms with Crippen molar-refractivity contribution in [3.63, 3.8) is 0 Å². The molecule has 0 bridgehead atoms. The summed E-state index contributed by atoms with van der Waals surface area (Å²) in [6, 6.07) is 12.3. The molecule has 2 aromatic carbocycles. The van der Waals surface area contributed by atoms with Gasteiger partial charge in [-0.25, -0.2) is 9.97 Å². The average Bonchev–Trinajstić information content (AvgIpc) is 2.46. The lowest BCUT2D eigenvalue weighted by Gasteiger charge is -2.05.